The molecule has 0 radical (unpaired) electrons. The number of nitrogens with zero attached hydrogens (tertiary/aromatic N) is 2. The lowest BCUT2D eigenvalue weighted by atomic mass is 10.1. The molecule has 0 saturated carbocycles. The number of halogens is 1. The van der Waals surface area contributed by atoms with E-state index in [9.17, 15) is 4.39 Å². The topological polar surface area (TPSA) is 29.9 Å². The van der Waals surface area contributed by atoms with Gasteiger partial charge in [-0.25, -0.2) is 4.39 Å². The second kappa shape index (κ2) is 6.48. The van der Waals surface area contributed by atoms with Gasteiger partial charge in [-0.1, -0.05) is 12.1 Å². The molecule has 1 aromatic heterocycles. The Bertz CT molecular complexity index is 504. The summed E-state index contributed by atoms with van der Waals surface area (Å²) < 4.78 is 14.7. The van der Waals surface area contributed by atoms with E-state index in [4.69, 9.17) is 0 Å². The second-order valence-corrected chi connectivity index (χ2v) is 4.82. The molecular formula is C15H20FN3. The van der Waals surface area contributed by atoms with Crippen LogP contribution in [0.25, 0.3) is 0 Å². The normalized spacial score (nSPS) is 12.6. The van der Waals surface area contributed by atoms with Crippen molar-refractivity contribution in [1.82, 2.24) is 15.1 Å². The molecule has 0 amide bonds. The molecule has 1 atom stereocenters. The minimum Gasteiger partial charge on any atom is -0.310 e. The van der Waals surface area contributed by atoms with Crippen LogP contribution in [-0.2, 0) is 19.5 Å². The molecule has 4 heteroatoms. The molecule has 1 aromatic carbocycles. The standard InChI is InChI=1S/C15H20FN3/c1-3-19-11-14(10-18-19)9-17-12(2)8-13-4-6-15(16)7-5-13/h4-7,10-12,17H,3,8-9H2,1-2H3. The zero-order valence-electron chi connectivity index (χ0n) is 11.4. The highest BCUT2D eigenvalue weighted by Crippen LogP contribution is 2.06. The van der Waals surface area contributed by atoms with Gasteiger partial charge in [0.15, 0.2) is 0 Å². The van der Waals surface area contributed by atoms with Gasteiger partial charge in [0.25, 0.3) is 0 Å². The van der Waals surface area contributed by atoms with Crippen molar-refractivity contribution in [3.63, 3.8) is 0 Å². The van der Waals surface area contributed by atoms with Gasteiger partial charge in [0.1, 0.15) is 5.82 Å². The molecule has 2 aromatic rings. The zero-order valence-corrected chi connectivity index (χ0v) is 11.4. The fourth-order valence-electron chi connectivity index (χ4n) is 2.01. The van der Waals surface area contributed by atoms with Gasteiger partial charge in [-0.05, 0) is 38.0 Å². The maximum Gasteiger partial charge on any atom is 0.123 e. The Balaban J connectivity index is 1.81. The Labute approximate surface area is 113 Å². The van der Waals surface area contributed by atoms with Crippen molar-refractivity contribution in [2.75, 3.05) is 0 Å². The summed E-state index contributed by atoms with van der Waals surface area (Å²) in [7, 11) is 0. The third kappa shape index (κ3) is 4.17. The highest BCUT2D eigenvalue weighted by Gasteiger charge is 2.04. The first-order chi connectivity index (χ1) is 9.17. The van der Waals surface area contributed by atoms with Gasteiger partial charge in [-0.2, -0.15) is 5.10 Å². The first-order valence-corrected chi connectivity index (χ1v) is 6.66. The van der Waals surface area contributed by atoms with Crippen molar-refractivity contribution in [3.8, 4) is 0 Å². The molecular weight excluding hydrogens is 241 g/mol. The molecule has 0 aliphatic rings. The number of nitrogens with one attached hydrogen (secondary N) is 1. The molecule has 0 bridgehead atoms. The van der Waals surface area contributed by atoms with E-state index in [1.54, 1.807) is 0 Å². The molecule has 0 spiro atoms. The molecule has 1 heterocycles. The van der Waals surface area contributed by atoms with Crippen LogP contribution in [-0.4, -0.2) is 15.8 Å². The van der Waals surface area contributed by atoms with Gasteiger partial charge >= 0.3 is 0 Å². The van der Waals surface area contributed by atoms with E-state index < -0.39 is 0 Å². The average molecular weight is 261 g/mol. The summed E-state index contributed by atoms with van der Waals surface area (Å²) in [5.74, 6) is -0.184. The van der Waals surface area contributed by atoms with E-state index in [0.717, 1.165) is 25.1 Å². The molecule has 102 valence electrons. The summed E-state index contributed by atoms with van der Waals surface area (Å²) in [6.07, 6.45) is 4.83. The first kappa shape index (κ1) is 13.7. The van der Waals surface area contributed by atoms with Crippen molar-refractivity contribution in [1.29, 1.82) is 0 Å². The van der Waals surface area contributed by atoms with E-state index in [-0.39, 0.29) is 5.82 Å². The molecule has 0 aliphatic carbocycles. The zero-order chi connectivity index (χ0) is 13.7. The Hall–Kier alpha value is -1.68. The Kier molecular flexibility index (Phi) is 4.68. The minimum absolute atomic E-state index is 0.184. The number of aryl methyl sites for hydroxylation is 1. The van der Waals surface area contributed by atoms with Crippen LogP contribution in [0.1, 0.15) is 25.0 Å². The minimum atomic E-state index is -0.184. The number of hydrogen-bond donors (Lipinski definition) is 1. The van der Waals surface area contributed by atoms with Crippen LogP contribution in [0, 0.1) is 5.82 Å². The molecule has 19 heavy (non-hydrogen) atoms. The summed E-state index contributed by atoms with van der Waals surface area (Å²) in [4.78, 5) is 0. The average Bonchev–Trinajstić information content (AvgIpc) is 2.87. The van der Waals surface area contributed by atoms with Crippen LogP contribution in [0.3, 0.4) is 0 Å². The van der Waals surface area contributed by atoms with Gasteiger partial charge in [0.05, 0.1) is 6.20 Å². The SMILES string of the molecule is CCn1cc(CNC(C)Cc2ccc(F)cc2)cn1. The lowest BCUT2D eigenvalue weighted by molar-refractivity contribution is 0.544. The number of benzene rings is 1. The summed E-state index contributed by atoms with van der Waals surface area (Å²) in [5, 5.41) is 7.69. The molecule has 0 fully saturated rings. The fraction of sp³-hybridized carbons (Fsp3) is 0.400. The van der Waals surface area contributed by atoms with E-state index in [2.05, 4.69) is 30.5 Å². The van der Waals surface area contributed by atoms with E-state index in [1.165, 1.54) is 17.7 Å². The van der Waals surface area contributed by atoms with E-state index >= 15 is 0 Å². The van der Waals surface area contributed by atoms with Gasteiger partial charge < -0.3 is 5.32 Å². The second-order valence-electron chi connectivity index (χ2n) is 4.82. The Morgan fingerprint density at radius 1 is 1.26 bits per heavy atom. The van der Waals surface area contributed by atoms with Crippen molar-refractivity contribution < 1.29 is 4.39 Å². The molecule has 0 saturated heterocycles. The fourth-order valence-corrected chi connectivity index (χ4v) is 2.01. The van der Waals surface area contributed by atoms with Crippen molar-refractivity contribution in [2.45, 2.75) is 39.4 Å². The lowest BCUT2D eigenvalue weighted by Crippen LogP contribution is -2.27. The largest absolute Gasteiger partial charge is 0.310 e. The van der Waals surface area contributed by atoms with E-state index in [1.807, 2.05) is 23.0 Å². The number of aromatic nitrogens is 2. The third-order valence-corrected chi connectivity index (χ3v) is 3.12. The van der Waals surface area contributed by atoms with Gasteiger partial charge in [-0.3, -0.25) is 4.68 Å². The van der Waals surface area contributed by atoms with Crippen LogP contribution in [0.15, 0.2) is 36.7 Å². The summed E-state index contributed by atoms with van der Waals surface area (Å²) in [5.41, 5.74) is 2.33. The maximum absolute atomic E-state index is 12.8. The summed E-state index contributed by atoms with van der Waals surface area (Å²) in [6.45, 7) is 5.91. The Morgan fingerprint density at radius 3 is 2.63 bits per heavy atom. The van der Waals surface area contributed by atoms with Crippen molar-refractivity contribution in [2.24, 2.45) is 0 Å². The number of rotatable bonds is 6. The van der Waals surface area contributed by atoms with Crippen molar-refractivity contribution in [3.05, 3.63) is 53.6 Å². The molecule has 1 N–H and O–H groups in total. The molecule has 1 unspecified atom stereocenters. The van der Waals surface area contributed by atoms with Crippen molar-refractivity contribution >= 4 is 0 Å². The lowest BCUT2D eigenvalue weighted by Gasteiger charge is -2.13. The monoisotopic (exact) mass is 261 g/mol. The highest BCUT2D eigenvalue weighted by atomic mass is 19.1. The predicted octanol–water partition coefficient (Wildman–Crippen LogP) is 2.76. The number of hydrogen-bond acceptors (Lipinski definition) is 2. The van der Waals surface area contributed by atoms with Crippen LogP contribution >= 0.6 is 0 Å². The Morgan fingerprint density at radius 2 is 2.00 bits per heavy atom. The maximum atomic E-state index is 12.8. The highest BCUT2D eigenvalue weighted by molar-refractivity contribution is 5.17. The van der Waals surface area contributed by atoms with Crippen LogP contribution in [0.2, 0.25) is 0 Å². The van der Waals surface area contributed by atoms with Crippen LogP contribution in [0.5, 0.6) is 0 Å². The summed E-state index contributed by atoms with van der Waals surface area (Å²) in [6, 6.07) is 7.03. The molecule has 2 rings (SSSR count). The molecule has 3 nitrogen and oxygen atoms in total. The summed E-state index contributed by atoms with van der Waals surface area (Å²) >= 11 is 0. The van der Waals surface area contributed by atoms with E-state index in [0.29, 0.717) is 6.04 Å². The first-order valence-electron chi connectivity index (χ1n) is 6.66. The van der Waals surface area contributed by atoms with Gasteiger partial charge in [0.2, 0.25) is 0 Å². The third-order valence-electron chi connectivity index (χ3n) is 3.12. The molecule has 0 aliphatic heterocycles. The van der Waals surface area contributed by atoms with Crippen LogP contribution in [0.4, 0.5) is 4.39 Å². The van der Waals surface area contributed by atoms with Gasteiger partial charge in [0, 0.05) is 30.9 Å². The van der Waals surface area contributed by atoms with Crippen LogP contribution < -0.4 is 5.32 Å². The quantitative estimate of drug-likeness (QED) is 0.866. The predicted molar refractivity (Wildman–Crippen MR) is 74.3 cm³/mol. The van der Waals surface area contributed by atoms with Gasteiger partial charge in [-0.15, -0.1) is 0 Å². The smallest absolute Gasteiger partial charge is 0.123 e.